The van der Waals surface area contributed by atoms with E-state index in [1.54, 1.807) is 6.07 Å². The predicted molar refractivity (Wildman–Crippen MR) is 72.2 cm³/mol. The fraction of sp³-hybridized carbons (Fsp3) is 0.417. The second-order valence-electron chi connectivity index (χ2n) is 4.70. The molecule has 1 aliphatic heterocycles. The van der Waals surface area contributed by atoms with E-state index in [9.17, 15) is 14.9 Å². The van der Waals surface area contributed by atoms with Crippen LogP contribution in [0.25, 0.3) is 0 Å². The molecule has 1 aromatic carbocycles. The number of nitrogens with one attached hydrogen (secondary N) is 2. The van der Waals surface area contributed by atoms with Crippen LogP contribution in [-0.2, 0) is 11.2 Å². The molecular formula is C12H16N4O3. The normalized spacial score (nSPS) is 14.7. The Morgan fingerprint density at radius 2 is 2.32 bits per heavy atom. The van der Waals surface area contributed by atoms with Crippen LogP contribution in [0.2, 0.25) is 0 Å². The molecule has 1 unspecified atom stereocenters. The zero-order valence-corrected chi connectivity index (χ0v) is 10.6. The first-order chi connectivity index (χ1) is 8.97. The zero-order valence-electron chi connectivity index (χ0n) is 10.6. The van der Waals surface area contributed by atoms with E-state index in [0.717, 1.165) is 0 Å². The second kappa shape index (κ2) is 5.23. The SMILES string of the molecule is CC(N)CCNc1cc2c(cc1[N+](=O)[O-])CC(=O)N2. The number of anilines is 2. The number of nitrogens with two attached hydrogens (primary N) is 1. The lowest BCUT2D eigenvalue weighted by atomic mass is 10.1. The Kier molecular flexibility index (Phi) is 3.66. The molecule has 7 nitrogen and oxygen atoms in total. The predicted octanol–water partition coefficient (Wildman–Crippen LogP) is 1.24. The molecule has 0 saturated heterocycles. The Labute approximate surface area is 110 Å². The van der Waals surface area contributed by atoms with Crippen LogP contribution in [0.3, 0.4) is 0 Å². The topological polar surface area (TPSA) is 110 Å². The van der Waals surface area contributed by atoms with Gasteiger partial charge in [0.2, 0.25) is 5.91 Å². The van der Waals surface area contributed by atoms with Gasteiger partial charge in [0, 0.05) is 24.3 Å². The molecule has 1 amide bonds. The summed E-state index contributed by atoms with van der Waals surface area (Å²) < 4.78 is 0. The van der Waals surface area contributed by atoms with Crippen molar-refractivity contribution >= 4 is 23.0 Å². The van der Waals surface area contributed by atoms with Crippen molar-refractivity contribution in [1.82, 2.24) is 0 Å². The Bertz CT molecular complexity index is 528. The van der Waals surface area contributed by atoms with E-state index in [0.29, 0.717) is 29.9 Å². The van der Waals surface area contributed by atoms with Crippen LogP contribution in [-0.4, -0.2) is 23.4 Å². The number of nitro groups is 1. The summed E-state index contributed by atoms with van der Waals surface area (Å²) >= 11 is 0. The van der Waals surface area contributed by atoms with Crippen molar-refractivity contribution in [1.29, 1.82) is 0 Å². The maximum absolute atomic E-state index is 11.3. The van der Waals surface area contributed by atoms with Crippen LogP contribution >= 0.6 is 0 Å². The molecule has 1 heterocycles. The van der Waals surface area contributed by atoms with Crippen LogP contribution in [0, 0.1) is 10.1 Å². The average molecular weight is 264 g/mol. The Morgan fingerprint density at radius 1 is 1.58 bits per heavy atom. The molecule has 2 rings (SSSR count). The van der Waals surface area contributed by atoms with Crippen molar-refractivity contribution in [3.8, 4) is 0 Å². The monoisotopic (exact) mass is 264 g/mol. The first-order valence-corrected chi connectivity index (χ1v) is 6.08. The van der Waals surface area contributed by atoms with Crippen molar-refractivity contribution in [2.75, 3.05) is 17.2 Å². The third-order valence-corrected chi connectivity index (χ3v) is 2.96. The van der Waals surface area contributed by atoms with E-state index < -0.39 is 4.92 Å². The molecule has 0 radical (unpaired) electrons. The van der Waals surface area contributed by atoms with Gasteiger partial charge in [0.15, 0.2) is 0 Å². The number of carbonyl (C=O) groups excluding carboxylic acids is 1. The minimum atomic E-state index is -0.447. The van der Waals surface area contributed by atoms with Crippen molar-refractivity contribution in [2.24, 2.45) is 5.73 Å². The van der Waals surface area contributed by atoms with E-state index in [2.05, 4.69) is 10.6 Å². The van der Waals surface area contributed by atoms with Crippen molar-refractivity contribution < 1.29 is 9.72 Å². The molecular weight excluding hydrogens is 248 g/mol. The van der Waals surface area contributed by atoms with E-state index >= 15 is 0 Å². The quantitative estimate of drug-likeness (QED) is 0.547. The number of nitrogens with zero attached hydrogens (tertiary/aromatic N) is 1. The molecule has 0 saturated carbocycles. The molecule has 1 aromatic rings. The van der Waals surface area contributed by atoms with Crippen LogP contribution in [0.5, 0.6) is 0 Å². The van der Waals surface area contributed by atoms with E-state index in [-0.39, 0.29) is 24.1 Å². The van der Waals surface area contributed by atoms with Gasteiger partial charge < -0.3 is 16.4 Å². The molecule has 0 fully saturated rings. The summed E-state index contributed by atoms with van der Waals surface area (Å²) in [6.45, 7) is 2.42. The molecule has 4 N–H and O–H groups in total. The van der Waals surface area contributed by atoms with Gasteiger partial charge in [-0.1, -0.05) is 0 Å². The minimum absolute atomic E-state index is 0.0140. The summed E-state index contributed by atoms with van der Waals surface area (Å²) in [6.07, 6.45) is 0.900. The number of benzene rings is 1. The fourth-order valence-electron chi connectivity index (χ4n) is 1.99. The van der Waals surface area contributed by atoms with Crippen LogP contribution in [0.15, 0.2) is 12.1 Å². The van der Waals surface area contributed by atoms with Crippen molar-refractivity contribution in [3.05, 3.63) is 27.8 Å². The van der Waals surface area contributed by atoms with Gasteiger partial charge in [-0.05, 0) is 25.0 Å². The lowest BCUT2D eigenvalue weighted by molar-refractivity contribution is -0.384. The number of hydrogen-bond acceptors (Lipinski definition) is 5. The minimum Gasteiger partial charge on any atom is -0.379 e. The molecule has 0 aromatic heterocycles. The van der Waals surface area contributed by atoms with Crippen molar-refractivity contribution in [2.45, 2.75) is 25.8 Å². The van der Waals surface area contributed by atoms with E-state index in [1.807, 2.05) is 6.92 Å². The summed E-state index contributed by atoms with van der Waals surface area (Å²) in [5.41, 5.74) is 7.33. The van der Waals surface area contributed by atoms with Gasteiger partial charge in [0.1, 0.15) is 5.69 Å². The number of rotatable bonds is 5. The highest BCUT2D eigenvalue weighted by Crippen LogP contribution is 2.34. The highest BCUT2D eigenvalue weighted by molar-refractivity contribution is 6.00. The van der Waals surface area contributed by atoms with Crippen LogP contribution in [0.1, 0.15) is 18.9 Å². The number of amides is 1. The summed E-state index contributed by atoms with van der Waals surface area (Å²) in [4.78, 5) is 21.9. The van der Waals surface area contributed by atoms with E-state index in [1.165, 1.54) is 6.07 Å². The fourth-order valence-corrected chi connectivity index (χ4v) is 1.99. The van der Waals surface area contributed by atoms with E-state index in [4.69, 9.17) is 5.73 Å². The number of nitro benzene ring substituents is 1. The Balaban J connectivity index is 2.23. The van der Waals surface area contributed by atoms with Crippen LogP contribution < -0.4 is 16.4 Å². The number of fused-ring (bicyclic) bond motifs is 1. The first kappa shape index (κ1) is 13.3. The Morgan fingerprint density at radius 3 is 2.95 bits per heavy atom. The number of carbonyl (C=O) groups is 1. The summed E-state index contributed by atoms with van der Waals surface area (Å²) in [5, 5.41) is 16.7. The smallest absolute Gasteiger partial charge is 0.292 e. The van der Waals surface area contributed by atoms with Gasteiger partial charge >= 0.3 is 0 Å². The summed E-state index contributed by atoms with van der Waals surface area (Å²) in [5.74, 6) is -0.142. The largest absolute Gasteiger partial charge is 0.379 e. The van der Waals surface area contributed by atoms with Gasteiger partial charge in [-0.3, -0.25) is 14.9 Å². The van der Waals surface area contributed by atoms with Gasteiger partial charge in [-0.15, -0.1) is 0 Å². The van der Waals surface area contributed by atoms with Crippen molar-refractivity contribution in [3.63, 3.8) is 0 Å². The molecule has 102 valence electrons. The lowest BCUT2D eigenvalue weighted by Gasteiger charge is -2.10. The van der Waals surface area contributed by atoms with Gasteiger partial charge in [0.05, 0.1) is 11.3 Å². The highest BCUT2D eigenvalue weighted by atomic mass is 16.6. The average Bonchev–Trinajstić information content (AvgIpc) is 2.66. The summed E-state index contributed by atoms with van der Waals surface area (Å²) in [6, 6.07) is 3.08. The van der Waals surface area contributed by atoms with Gasteiger partial charge in [-0.2, -0.15) is 0 Å². The third kappa shape index (κ3) is 3.00. The molecule has 1 atom stereocenters. The molecule has 0 aliphatic carbocycles. The first-order valence-electron chi connectivity index (χ1n) is 6.08. The third-order valence-electron chi connectivity index (χ3n) is 2.96. The molecule has 0 bridgehead atoms. The lowest BCUT2D eigenvalue weighted by Crippen LogP contribution is -2.19. The number of hydrogen-bond donors (Lipinski definition) is 3. The van der Waals surface area contributed by atoms with Gasteiger partial charge in [-0.25, -0.2) is 0 Å². The van der Waals surface area contributed by atoms with Gasteiger partial charge in [0.25, 0.3) is 5.69 Å². The standard InChI is InChI=1S/C12H16N4O3/c1-7(13)2-3-14-10-6-9-8(5-12(17)15-9)4-11(10)16(18)19/h4,6-7,14H,2-3,5,13H2,1H3,(H,15,17). The highest BCUT2D eigenvalue weighted by Gasteiger charge is 2.24. The van der Waals surface area contributed by atoms with Crippen LogP contribution in [0.4, 0.5) is 17.1 Å². The molecule has 19 heavy (non-hydrogen) atoms. The molecule has 0 spiro atoms. The zero-order chi connectivity index (χ0) is 14.0. The second-order valence-corrected chi connectivity index (χ2v) is 4.70. The molecule has 1 aliphatic rings. The maximum atomic E-state index is 11.3. The Hall–Kier alpha value is -2.15. The maximum Gasteiger partial charge on any atom is 0.292 e. The molecule has 7 heteroatoms. The summed E-state index contributed by atoms with van der Waals surface area (Å²) in [7, 11) is 0.